The number of rotatable bonds is 5. The van der Waals surface area contributed by atoms with Gasteiger partial charge >= 0.3 is 0 Å². The highest BCUT2D eigenvalue weighted by Gasteiger charge is 2.32. The van der Waals surface area contributed by atoms with Crippen LogP contribution in [0, 0.1) is 5.41 Å². The van der Waals surface area contributed by atoms with Gasteiger partial charge in [-0.3, -0.25) is 0 Å². The van der Waals surface area contributed by atoms with Crippen molar-refractivity contribution in [3.8, 4) is 0 Å². The van der Waals surface area contributed by atoms with E-state index in [1.54, 1.807) is 18.4 Å². The van der Waals surface area contributed by atoms with E-state index in [0.717, 1.165) is 18.1 Å². The standard InChI is InChI=1S/C16H30N2OS/c1-9-17-10-11-12(15(2,3)4)18-14(20-11)13(19-8)16(5,6)7/h13,17H,9-10H2,1-8H3. The van der Waals surface area contributed by atoms with Gasteiger partial charge in [0, 0.05) is 23.9 Å². The summed E-state index contributed by atoms with van der Waals surface area (Å²) in [6.07, 6.45) is 0.0453. The number of ether oxygens (including phenoxy) is 1. The van der Waals surface area contributed by atoms with Crippen LogP contribution in [0.2, 0.25) is 0 Å². The predicted molar refractivity (Wildman–Crippen MR) is 87.4 cm³/mol. The first kappa shape index (κ1) is 17.6. The van der Waals surface area contributed by atoms with Gasteiger partial charge in [-0.25, -0.2) is 4.98 Å². The maximum Gasteiger partial charge on any atom is 0.123 e. The lowest BCUT2D eigenvalue weighted by Gasteiger charge is -2.27. The van der Waals surface area contributed by atoms with Crippen LogP contribution in [0.25, 0.3) is 0 Å². The average molecular weight is 298 g/mol. The first-order valence-corrected chi connectivity index (χ1v) is 8.16. The van der Waals surface area contributed by atoms with Crippen molar-refractivity contribution in [2.45, 2.75) is 66.5 Å². The van der Waals surface area contributed by atoms with E-state index in [2.05, 4.69) is 53.8 Å². The van der Waals surface area contributed by atoms with Crippen LogP contribution >= 0.6 is 11.3 Å². The third-order valence-electron chi connectivity index (χ3n) is 3.21. The summed E-state index contributed by atoms with van der Waals surface area (Å²) in [5.41, 5.74) is 1.32. The van der Waals surface area contributed by atoms with E-state index in [1.807, 2.05) is 0 Å². The Morgan fingerprint density at radius 1 is 1.20 bits per heavy atom. The first-order valence-electron chi connectivity index (χ1n) is 7.34. The number of hydrogen-bond donors (Lipinski definition) is 1. The number of aromatic nitrogens is 1. The smallest absolute Gasteiger partial charge is 0.123 e. The van der Waals surface area contributed by atoms with Crippen LogP contribution in [0.15, 0.2) is 0 Å². The van der Waals surface area contributed by atoms with Crippen molar-refractivity contribution in [1.82, 2.24) is 10.3 Å². The zero-order chi connectivity index (χ0) is 15.6. The van der Waals surface area contributed by atoms with Crippen molar-refractivity contribution in [3.63, 3.8) is 0 Å². The second-order valence-electron chi connectivity index (χ2n) is 7.34. The molecule has 0 saturated carbocycles. The molecule has 1 aromatic rings. The van der Waals surface area contributed by atoms with Gasteiger partial charge in [-0.2, -0.15) is 0 Å². The Labute approximate surface area is 128 Å². The molecule has 1 N–H and O–H groups in total. The van der Waals surface area contributed by atoms with E-state index >= 15 is 0 Å². The molecule has 0 aromatic carbocycles. The molecule has 0 aliphatic heterocycles. The second kappa shape index (κ2) is 6.54. The lowest BCUT2D eigenvalue weighted by atomic mass is 9.88. The fraction of sp³-hybridized carbons (Fsp3) is 0.812. The monoisotopic (exact) mass is 298 g/mol. The van der Waals surface area contributed by atoms with Gasteiger partial charge in [-0.1, -0.05) is 48.5 Å². The molecule has 20 heavy (non-hydrogen) atoms. The fourth-order valence-corrected chi connectivity index (χ4v) is 3.82. The van der Waals surface area contributed by atoms with Gasteiger partial charge in [0.15, 0.2) is 0 Å². The van der Waals surface area contributed by atoms with Crippen molar-refractivity contribution in [1.29, 1.82) is 0 Å². The van der Waals surface area contributed by atoms with Crippen LogP contribution in [-0.4, -0.2) is 18.6 Å². The SMILES string of the molecule is CCNCc1sc(C(OC)C(C)(C)C)nc1C(C)(C)C. The first-order chi connectivity index (χ1) is 9.11. The number of methoxy groups -OCH3 is 1. The summed E-state index contributed by atoms with van der Waals surface area (Å²) < 4.78 is 5.71. The highest BCUT2D eigenvalue weighted by molar-refractivity contribution is 7.11. The third-order valence-corrected chi connectivity index (χ3v) is 4.31. The molecule has 3 nitrogen and oxygen atoms in total. The number of hydrogen-bond acceptors (Lipinski definition) is 4. The normalized spacial score (nSPS) is 14.6. The number of nitrogens with one attached hydrogen (secondary N) is 1. The largest absolute Gasteiger partial charge is 0.374 e. The van der Waals surface area contributed by atoms with Crippen molar-refractivity contribution in [2.24, 2.45) is 5.41 Å². The Bertz CT molecular complexity index is 427. The molecule has 1 heterocycles. The highest BCUT2D eigenvalue weighted by Crippen LogP contribution is 2.40. The Morgan fingerprint density at radius 3 is 2.20 bits per heavy atom. The summed E-state index contributed by atoms with van der Waals surface area (Å²) in [4.78, 5) is 6.26. The fourth-order valence-electron chi connectivity index (χ4n) is 2.25. The summed E-state index contributed by atoms with van der Waals surface area (Å²) in [5, 5.41) is 4.51. The summed E-state index contributed by atoms with van der Waals surface area (Å²) in [5.74, 6) is 0. The van der Waals surface area contributed by atoms with Gasteiger partial charge in [-0.15, -0.1) is 11.3 Å². The molecular formula is C16H30N2OS. The summed E-state index contributed by atoms with van der Waals surface area (Å²) in [7, 11) is 1.78. The summed E-state index contributed by atoms with van der Waals surface area (Å²) >= 11 is 1.79. The van der Waals surface area contributed by atoms with E-state index in [-0.39, 0.29) is 16.9 Å². The molecule has 1 unspecified atom stereocenters. The van der Waals surface area contributed by atoms with Crippen molar-refractivity contribution in [2.75, 3.05) is 13.7 Å². The highest BCUT2D eigenvalue weighted by atomic mass is 32.1. The molecule has 0 saturated heterocycles. The van der Waals surface area contributed by atoms with E-state index in [0.29, 0.717) is 0 Å². The zero-order valence-electron chi connectivity index (χ0n) is 14.3. The molecule has 0 amide bonds. The molecule has 116 valence electrons. The van der Waals surface area contributed by atoms with Crippen molar-refractivity contribution >= 4 is 11.3 Å². The van der Waals surface area contributed by atoms with E-state index in [1.165, 1.54) is 10.6 Å². The molecule has 0 bridgehead atoms. The predicted octanol–water partition coefficient (Wildman–Crippen LogP) is 4.28. The number of nitrogens with zero attached hydrogens (tertiary/aromatic N) is 1. The van der Waals surface area contributed by atoms with Crippen LogP contribution in [-0.2, 0) is 16.7 Å². The van der Waals surface area contributed by atoms with E-state index in [4.69, 9.17) is 9.72 Å². The Hall–Kier alpha value is -0.450. The van der Waals surface area contributed by atoms with Gasteiger partial charge in [0.2, 0.25) is 0 Å². The van der Waals surface area contributed by atoms with Gasteiger partial charge in [-0.05, 0) is 12.0 Å². The quantitative estimate of drug-likeness (QED) is 0.881. The van der Waals surface area contributed by atoms with Gasteiger partial charge < -0.3 is 10.1 Å². The molecule has 0 spiro atoms. The maximum absolute atomic E-state index is 5.71. The molecule has 1 atom stereocenters. The lowest BCUT2D eigenvalue weighted by molar-refractivity contribution is 0.0149. The maximum atomic E-state index is 5.71. The zero-order valence-corrected chi connectivity index (χ0v) is 15.1. The topological polar surface area (TPSA) is 34.1 Å². The van der Waals surface area contributed by atoms with Crippen LogP contribution in [0.3, 0.4) is 0 Å². The molecule has 0 fully saturated rings. The molecular weight excluding hydrogens is 268 g/mol. The van der Waals surface area contributed by atoms with Crippen LogP contribution in [0.1, 0.15) is 70.1 Å². The minimum Gasteiger partial charge on any atom is -0.374 e. The third kappa shape index (κ3) is 4.27. The Balaban J connectivity index is 3.20. The molecule has 0 aliphatic rings. The summed E-state index contributed by atoms with van der Waals surface area (Å²) in [6, 6.07) is 0. The van der Waals surface area contributed by atoms with Crippen molar-refractivity contribution in [3.05, 3.63) is 15.6 Å². The van der Waals surface area contributed by atoms with Crippen LogP contribution < -0.4 is 5.32 Å². The van der Waals surface area contributed by atoms with Gasteiger partial charge in [0.25, 0.3) is 0 Å². The molecule has 1 aromatic heterocycles. The van der Waals surface area contributed by atoms with Crippen LogP contribution in [0.4, 0.5) is 0 Å². The summed E-state index contributed by atoms with van der Waals surface area (Å²) in [6.45, 7) is 17.3. The molecule has 1 rings (SSSR count). The van der Waals surface area contributed by atoms with Gasteiger partial charge in [0.1, 0.15) is 11.1 Å². The molecule has 4 heteroatoms. The average Bonchev–Trinajstić information content (AvgIpc) is 2.69. The lowest BCUT2D eigenvalue weighted by Crippen LogP contribution is -2.21. The van der Waals surface area contributed by atoms with Crippen LogP contribution in [0.5, 0.6) is 0 Å². The Morgan fingerprint density at radius 2 is 1.80 bits per heavy atom. The number of thiazole rings is 1. The molecule has 0 aliphatic carbocycles. The van der Waals surface area contributed by atoms with E-state index in [9.17, 15) is 0 Å². The van der Waals surface area contributed by atoms with Crippen molar-refractivity contribution < 1.29 is 4.74 Å². The molecule has 0 radical (unpaired) electrons. The Kier molecular flexibility index (Phi) is 5.76. The van der Waals surface area contributed by atoms with Gasteiger partial charge in [0.05, 0.1) is 5.69 Å². The minimum absolute atomic E-state index is 0.0453. The van der Waals surface area contributed by atoms with E-state index < -0.39 is 0 Å². The minimum atomic E-state index is 0.0453. The second-order valence-corrected chi connectivity index (χ2v) is 8.45.